The van der Waals surface area contributed by atoms with Crippen molar-refractivity contribution in [3.05, 3.63) is 64.7 Å². The molecule has 1 atom stereocenters. The van der Waals surface area contributed by atoms with Gasteiger partial charge in [0.15, 0.2) is 11.6 Å². The number of rotatable bonds is 3. The predicted octanol–water partition coefficient (Wildman–Crippen LogP) is 5.98. The number of nitrogens with zero attached hydrogens (tertiary/aromatic N) is 1. The van der Waals surface area contributed by atoms with Crippen LogP contribution in [-0.2, 0) is 11.6 Å². The molecule has 2 heterocycles. The summed E-state index contributed by atoms with van der Waals surface area (Å²) >= 11 is 0. The zero-order valence-corrected chi connectivity index (χ0v) is 17.7. The maximum atomic E-state index is 14.5. The third-order valence-corrected chi connectivity index (χ3v) is 6.67. The molecule has 1 fully saturated rings. The number of amides is 1. The van der Waals surface area contributed by atoms with Crippen LogP contribution in [0.5, 0.6) is 0 Å². The Labute approximate surface area is 189 Å². The predicted molar refractivity (Wildman–Crippen MR) is 107 cm³/mol. The van der Waals surface area contributed by atoms with E-state index in [1.807, 2.05) is 0 Å². The molecular formula is C23H20F8N2O. The van der Waals surface area contributed by atoms with Gasteiger partial charge in [0.1, 0.15) is 0 Å². The fraction of sp³-hybridized carbons (Fsp3) is 0.435. The van der Waals surface area contributed by atoms with Crippen molar-refractivity contribution in [1.82, 2.24) is 5.32 Å². The average Bonchev–Trinajstić information content (AvgIpc) is 3.02. The Bertz CT molecular complexity index is 1090. The molecule has 11 heteroatoms. The quantitative estimate of drug-likeness (QED) is 0.535. The lowest BCUT2D eigenvalue weighted by Crippen LogP contribution is -2.52. The van der Waals surface area contributed by atoms with Gasteiger partial charge in [-0.15, -0.1) is 0 Å². The minimum atomic E-state index is -4.71. The molecule has 3 nitrogen and oxygen atoms in total. The standard InChI is InChI=1S/C23H20F8N2O/c24-16-3-1-2-14(19(16)25)20(34)33-17-5-4-13(23(29,30)31)12-15(17)21(8-10-32-11-9-21)18(33)6-7-22(26,27)28/h1-5,12,18,32H,6-11H2. The van der Waals surface area contributed by atoms with E-state index in [0.717, 1.165) is 41.3 Å². The highest BCUT2D eigenvalue weighted by Gasteiger charge is 2.54. The summed E-state index contributed by atoms with van der Waals surface area (Å²) in [6, 6.07) is 4.32. The van der Waals surface area contributed by atoms with E-state index in [0.29, 0.717) is 13.1 Å². The molecule has 2 aromatic rings. The monoisotopic (exact) mass is 492 g/mol. The van der Waals surface area contributed by atoms with Gasteiger partial charge in [-0.1, -0.05) is 6.07 Å². The van der Waals surface area contributed by atoms with Crippen LogP contribution in [0.4, 0.5) is 40.8 Å². The molecule has 0 saturated carbocycles. The number of benzene rings is 2. The van der Waals surface area contributed by atoms with Crippen molar-refractivity contribution in [3.63, 3.8) is 0 Å². The second-order valence-corrected chi connectivity index (χ2v) is 8.58. The highest BCUT2D eigenvalue weighted by Crippen LogP contribution is 2.54. The van der Waals surface area contributed by atoms with Gasteiger partial charge in [0.05, 0.1) is 11.1 Å². The second-order valence-electron chi connectivity index (χ2n) is 8.58. The molecule has 2 aliphatic rings. The van der Waals surface area contributed by atoms with Crippen LogP contribution < -0.4 is 10.2 Å². The van der Waals surface area contributed by atoms with Gasteiger partial charge in [-0.25, -0.2) is 8.78 Å². The number of anilines is 1. The van der Waals surface area contributed by atoms with Crippen molar-refractivity contribution >= 4 is 11.6 Å². The lowest BCUT2D eigenvalue weighted by Gasteiger charge is -2.42. The van der Waals surface area contributed by atoms with Gasteiger partial charge >= 0.3 is 12.4 Å². The average molecular weight is 492 g/mol. The third kappa shape index (κ3) is 4.25. The summed E-state index contributed by atoms with van der Waals surface area (Å²) in [5, 5.41) is 3.04. The largest absolute Gasteiger partial charge is 0.416 e. The van der Waals surface area contributed by atoms with Gasteiger partial charge < -0.3 is 10.2 Å². The maximum Gasteiger partial charge on any atom is 0.416 e. The SMILES string of the molecule is O=C(c1cccc(F)c1F)N1c2ccc(C(F)(F)F)cc2C2(CCNCC2)C1CCC(F)(F)F. The van der Waals surface area contributed by atoms with Crippen LogP contribution in [-0.4, -0.2) is 31.2 Å². The molecule has 184 valence electrons. The highest BCUT2D eigenvalue weighted by atomic mass is 19.4. The Hall–Kier alpha value is -2.69. The first-order valence-corrected chi connectivity index (χ1v) is 10.6. The highest BCUT2D eigenvalue weighted by molar-refractivity contribution is 6.08. The van der Waals surface area contributed by atoms with E-state index in [9.17, 15) is 39.9 Å². The summed E-state index contributed by atoms with van der Waals surface area (Å²) in [6.07, 6.45) is -10.8. The van der Waals surface area contributed by atoms with Crippen molar-refractivity contribution in [2.24, 2.45) is 0 Å². The van der Waals surface area contributed by atoms with Crippen LogP contribution in [0.25, 0.3) is 0 Å². The number of fused-ring (bicyclic) bond motifs is 2. The van der Waals surface area contributed by atoms with Crippen LogP contribution in [0, 0.1) is 11.6 Å². The van der Waals surface area contributed by atoms with Crippen LogP contribution in [0.15, 0.2) is 36.4 Å². The molecule has 2 aromatic carbocycles. The van der Waals surface area contributed by atoms with Crippen LogP contribution in [0.1, 0.15) is 47.2 Å². The fourth-order valence-corrected chi connectivity index (χ4v) is 5.15. The summed E-state index contributed by atoms with van der Waals surface area (Å²) in [4.78, 5) is 14.4. The minimum Gasteiger partial charge on any atom is -0.317 e. The molecule has 2 aliphatic heterocycles. The van der Waals surface area contributed by atoms with Crippen molar-refractivity contribution < 1.29 is 39.9 Å². The number of halogens is 8. The molecule has 0 aromatic heterocycles. The number of nitrogens with one attached hydrogen (secondary N) is 1. The van der Waals surface area contributed by atoms with Gasteiger partial charge in [-0.2, -0.15) is 26.3 Å². The summed E-state index contributed by atoms with van der Waals surface area (Å²) in [5.74, 6) is -3.89. The van der Waals surface area contributed by atoms with Crippen molar-refractivity contribution in [2.45, 2.75) is 49.5 Å². The summed E-state index contributed by atoms with van der Waals surface area (Å²) in [7, 11) is 0. The molecule has 0 aliphatic carbocycles. The Balaban J connectivity index is 1.90. The van der Waals surface area contributed by atoms with E-state index in [2.05, 4.69) is 5.32 Å². The molecule has 34 heavy (non-hydrogen) atoms. The second kappa shape index (κ2) is 8.51. The molecule has 1 amide bonds. The van der Waals surface area contributed by atoms with Gasteiger partial charge in [-0.05, 0) is 68.2 Å². The zero-order valence-electron chi connectivity index (χ0n) is 17.7. The van der Waals surface area contributed by atoms with E-state index in [-0.39, 0.29) is 24.1 Å². The first kappa shape index (κ1) is 24.4. The Morgan fingerprint density at radius 3 is 2.32 bits per heavy atom. The van der Waals surface area contributed by atoms with Gasteiger partial charge in [0.2, 0.25) is 0 Å². The van der Waals surface area contributed by atoms with Crippen molar-refractivity contribution in [1.29, 1.82) is 0 Å². The number of hydrogen-bond acceptors (Lipinski definition) is 2. The van der Waals surface area contributed by atoms with Crippen LogP contribution in [0.3, 0.4) is 0 Å². The molecule has 4 rings (SSSR count). The summed E-state index contributed by atoms with van der Waals surface area (Å²) < 4.78 is 108. The van der Waals surface area contributed by atoms with Gasteiger partial charge in [0, 0.05) is 23.6 Å². The maximum absolute atomic E-state index is 14.5. The smallest absolute Gasteiger partial charge is 0.317 e. The Morgan fingerprint density at radius 2 is 1.71 bits per heavy atom. The Morgan fingerprint density at radius 1 is 1.03 bits per heavy atom. The zero-order chi connectivity index (χ0) is 24.9. The molecule has 1 N–H and O–H groups in total. The van der Waals surface area contributed by atoms with Gasteiger partial charge in [0.25, 0.3) is 5.91 Å². The number of carbonyl (C=O) groups is 1. The van der Waals surface area contributed by atoms with E-state index in [4.69, 9.17) is 0 Å². The molecule has 1 unspecified atom stereocenters. The summed E-state index contributed by atoms with van der Waals surface area (Å²) in [5.41, 5.74) is -2.82. The minimum absolute atomic E-state index is 0.0178. The number of hydrogen-bond donors (Lipinski definition) is 1. The van der Waals surface area contributed by atoms with Crippen molar-refractivity contribution in [3.8, 4) is 0 Å². The van der Waals surface area contributed by atoms with E-state index in [1.54, 1.807) is 0 Å². The van der Waals surface area contributed by atoms with Crippen LogP contribution >= 0.6 is 0 Å². The number of carbonyl (C=O) groups excluding carboxylic acids is 1. The molecule has 0 bridgehead atoms. The van der Waals surface area contributed by atoms with Crippen LogP contribution in [0.2, 0.25) is 0 Å². The van der Waals surface area contributed by atoms with Gasteiger partial charge in [-0.3, -0.25) is 4.79 Å². The fourth-order valence-electron chi connectivity index (χ4n) is 5.15. The molecule has 0 radical (unpaired) electrons. The molecular weight excluding hydrogens is 472 g/mol. The number of piperidine rings is 1. The first-order valence-electron chi connectivity index (χ1n) is 10.6. The topological polar surface area (TPSA) is 32.3 Å². The van der Waals surface area contributed by atoms with E-state index < -0.39 is 65.3 Å². The molecule has 1 saturated heterocycles. The molecule has 1 spiro atoms. The Kier molecular flexibility index (Phi) is 6.12. The van der Waals surface area contributed by atoms with Crippen molar-refractivity contribution in [2.75, 3.05) is 18.0 Å². The first-order chi connectivity index (χ1) is 15.8. The van der Waals surface area contributed by atoms with E-state index >= 15 is 0 Å². The number of alkyl halides is 6. The lowest BCUT2D eigenvalue weighted by molar-refractivity contribution is -0.137. The normalized spacial score (nSPS) is 20.0. The van der Waals surface area contributed by atoms with E-state index in [1.165, 1.54) is 0 Å². The lowest BCUT2D eigenvalue weighted by atomic mass is 9.68. The third-order valence-electron chi connectivity index (χ3n) is 6.67. The summed E-state index contributed by atoms with van der Waals surface area (Å²) in [6.45, 7) is 0.628.